The molecule has 3 aromatic rings. The Morgan fingerprint density at radius 3 is 2.96 bits per heavy atom. The summed E-state index contributed by atoms with van der Waals surface area (Å²) in [5, 5.41) is 20.3. The molecule has 25 heavy (non-hydrogen) atoms. The first kappa shape index (κ1) is 17.2. The number of aromatic hydroxyl groups is 1. The van der Waals surface area contributed by atoms with Gasteiger partial charge in [-0.05, 0) is 57.9 Å². The van der Waals surface area contributed by atoms with Gasteiger partial charge in [-0.3, -0.25) is 9.89 Å². The number of carbonyl (C=O) groups excluding carboxylic acids is 1. The molecule has 7 nitrogen and oxygen atoms in total. The maximum atomic E-state index is 12.1. The van der Waals surface area contributed by atoms with Gasteiger partial charge in [0.1, 0.15) is 0 Å². The summed E-state index contributed by atoms with van der Waals surface area (Å²) < 4.78 is 6.01. The Hall–Kier alpha value is -2.65. The third kappa shape index (κ3) is 4.06. The molecule has 9 heteroatoms. The SMILES string of the molecule is COc1cc(/C=N/NC(=O)c2cc(-c3ccc(Br)s3)[nH]n2)ccc1O. The Morgan fingerprint density at radius 1 is 1.40 bits per heavy atom. The van der Waals surface area contributed by atoms with Crippen molar-refractivity contribution in [1.82, 2.24) is 15.6 Å². The maximum Gasteiger partial charge on any atom is 0.291 e. The van der Waals surface area contributed by atoms with Gasteiger partial charge in [0.05, 0.1) is 27.7 Å². The van der Waals surface area contributed by atoms with E-state index in [9.17, 15) is 9.90 Å². The van der Waals surface area contributed by atoms with Crippen LogP contribution < -0.4 is 10.2 Å². The number of aromatic nitrogens is 2. The van der Waals surface area contributed by atoms with Gasteiger partial charge in [-0.15, -0.1) is 11.3 Å². The molecule has 0 bridgehead atoms. The minimum atomic E-state index is -0.430. The number of nitrogens with one attached hydrogen (secondary N) is 2. The number of hydrogen-bond donors (Lipinski definition) is 3. The topological polar surface area (TPSA) is 99.6 Å². The summed E-state index contributed by atoms with van der Waals surface area (Å²) >= 11 is 4.93. The van der Waals surface area contributed by atoms with Crippen molar-refractivity contribution in [2.75, 3.05) is 7.11 Å². The molecule has 1 aromatic carbocycles. The second kappa shape index (κ2) is 7.49. The molecule has 0 aliphatic carbocycles. The van der Waals surface area contributed by atoms with Crippen LogP contribution in [-0.2, 0) is 0 Å². The third-order valence-corrected chi connectivity index (χ3v) is 4.89. The Labute approximate surface area is 155 Å². The highest BCUT2D eigenvalue weighted by atomic mass is 79.9. The van der Waals surface area contributed by atoms with E-state index >= 15 is 0 Å². The lowest BCUT2D eigenvalue weighted by Crippen LogP contribution is -2.18. The molecule has 0 atom stereocenters. The number of amides is 1. The fraction of sp³-hybridized carbons (Fsp3) is 0.0625. The summed E-state index contributed by atoms with van der Waals surface area (Å²) in [6.07, 6.45) is 1.45. The number of phenols is 1. The first-order valence-electron chi connectivity index (χ1n) is 7.08. The number of thiophene rings is 1. The minimum Gasteiger partial charge on any atom is -0.504 e. The highest BCUT2D eigenvalue weighted by molar-refractivity contribution is 9.11. The number of hydrogen-bond acceptors (Lipinski definition) is 6. The molecule has 0 unspecified atom stereocenters. The molecular weight excluding hydrogens is 408 g/mol. The zero-order chi connectivity index (χ0) is 17.8. The van der Waals surface area contributed by atoms with Crippen molar-refractivity contribution in [3.63, 3.8) is 0 Å². The second-order valence-electron chi connectivity index (χ2n) is 4.90. The number of methoxy groups -OCH3 is 1. The highest BCUT2D eigenvalue weighted by Crippen LogP contribution is 2.30. The van der Waals surface area contributed by atoms with E-state index in [1.807, 2.05) is 12.1 Å². The van der Waals surface area contributed by atoms with E-state index in [1.54, 1.807) is 18.2 Å². The highest BCUT2D eigenvalue weighted by Gasteiger charge is 2.12. The van der Waals surface area contributed by atoms with E-state index in [0.717, 1.165) is 14.4 Å². The lowest BCUT2D eigenvalue weighted by molar-refractivity contribution is 0.0950. The van der Waals surface area contributed by atoms with Crippen LogP contribution in [0.25, 0.3) is 10.6 Å². The number of hydrazone groups is 1. The number of halogens is 1. The summed E-state index contributed by atoms with van der Waals surface area (Å²) in [6, 6.07) is 10.3. The molecule has 0 saturated carbocycles. The predicted molar refractivity (Wildman–Crippen MR) is 99.3 cm³/mol. The number of ether oxygens (including phenoxy) is 1. The third-order valence-electron chi connectivity index (χ3n) is 3.23. The zero-order valence-electron chi connectivity index (χ0n) is 13.0. The molecule has 128 valence electrons. The molecule has 1 amide bonds. The normalized spacial score (nSPS) is 11.0. The summed E-state index contributed by atoms with van der Waals surface area (Å²) in [4.78, 5) is 13.1. The monoisotopic (exact) mass is 420 g/mol. The maximum absolute atomic E-state index is 12.1. The van der Waals surface area contributed by atoms with Crippen LogP contribution in [0.1, 0.15) is 16.1 Å². The van der Waals surface area contributed by atoms with E-state index in [1.165, 1.54) is 30.7 Å². The number of H-pyrrole nitrogens is 1. The number of rotatable bonds is 5. The van der Waals surface area contributed by atoms with Crippen molar-refractivity contribution in [2.45, 2.75) is 0 Å². The van der Waals surface area contributed by atoms with Crippen LogP contribution in [0.15, 0.2) is 45.3 Å². The van der Waals surface area contributed by atoms with Crippen LogP contribution in [0.4, 0.5) is 0 Å². The van der Waals surface area contributed by atoms with E-state index in [2.05, 4.69) is 36.7 Å². The zero-order valence-corrected chi connectivity index (χ0v) is 15.4. The minimum absolute atomic E-state index is 0.0351. The van der Waals surface area contributed by atoms with Gasteiger partial charge in [0.2, 0.25) is 0 Å². The van der Waals surface area contributed by atoms with Crippen molar-refractivity contribution in [3.8, 4) is 22.1 Å². The molecule has 3 rings (SSSR count). The molecule has 0 aliphatic rings. The number of aromatic amines is 1. The molecule has 2 aromatic heterocycles. The van der Waals surface area contributed by atoms with E-state index in [0.29, 0.717) is 11.3 Å². The molecule has 0 fully saturated rings. The number of phenolic OH excluding ortho intramolecular Hbond substituents is 1. The Balaban J connectivity index is 1.66. The molecule has 3 N–H and O–H groups in total. The summed E-state index contributed by atoms with van der Waals surface area (Å²) in [6.45, 7) is 0. The predicted octanol–water partition coefficient (Wildman–Crippen LogP) is 3.38. The standard InChI is InChI=1S/C16H13BrN4O3S/c1-24-13-6-9(2-3-12(13)22)8-18-21-16(23)11-7-10(19-20-11)14-4-5-15(17)25-14/h2-8,22H,1H3,(H,19,20)(H,21,23)/b18-8+. The van der Waals surface area contributed by atoms with Gasteiger partial charge in [-0.2, -0.15) is 10.2 Å². The Morgan fingerprint density at radius 2 is 2.24 bits per heavy atom. The first-order chi connectivity index (χ1) is 12.1. The van der Waals surface area contributed by atoms with Gasteiger partial charge in [-0.25, -0.2) is 5.43 Å². The smallest absolute Gasteiger partial charge is 0.291 e. The fourth-order valence-electron chi connectivity index (χ4n) is 2.02. The number of benzene rings is 1. The van der Waals surface area contributed by atoms with Crippen molar-refractivity contribution in [3.05, 3.63) is 51.4 Å². The van der Waals surface area contributed by atoms with Gasteiger partial charge < -0.3 is 9.84 Å². The Bertz CT molecular complexity index is 935. The largest absolute Gasteiger partial charge is 0.504 e. The van der Waals surface area contributed by atoms with Gasteiger partial charge in [-0.1, -0.05) is 0 Å². The summed E-state index contributed by atoms with van der Waals surface area (Å²) in [5.74, 6) is -0.0672. The van der Waals surface area contributed by atoms with E-state index in [4.69, 9.17) is 4.74 Å². The fourth-order valence-corrected chi connectivity index (χ4v) is 3.37. The Kier molecular flexibility index (Phi) is 5.15. The first-order valence-corrected chi connectivity index (χ1v) is 8.69. The number of nitrogens with zero attached hydrogens (tertiary/aromatic N) is 2. The van der Waals surface area contributed by atoms with Gasteiger partial charge in [0.25, 0.3) is 5.91 Å². The van der Waals surface area contributed by atoms with Crippen LogP contribution in [0, 0.1) is 0 Å². The van der Waals surface area contributed by atoms with E-state index < -0.39 is 5.91 Å². The molecule has 0 saturated heterocycles. The van der Waals surface area contributed by atoms with E-state index in [-0.39, 0.29) is 11.4 Å². The molecule has 0 spiro atoms. The van der Waals surface area contributed by atoms with Gasteiger partial charge in [0.15, 0.2) is 17.2 Å². The van der Waals surface area contributed by atoms with Crippen LogP contribution >= 0.6 is 27.3 Å². The average Bonchev–Trinajstić information content (AvgIpc) is 3.25. The lowest BCUT2D eigenvalue weighted by atomic mass is 10.2. The van der Waals surface area contributed by atoms with Crippen molar-refractivity contribution >= 4 is 39.4 Å². The summed E-state index contributed by atoms with van der Waals surface area (Å²) in [5.41, 5.74) is 4.07. The second-order valence-corrected chi connectivity index (χ2v) is 7.36. The molecule has 0 aliphatic heterocycles. The number of carbonyl (C=O) groups is 1. The average molecular weight is 421 g/mol. The van der Waals surface area contributed by atoms with Gasteiger partial charge >= 0.3 is 0 Å². The van der Waals surface area contributed by atoms with Crippen LogP contribution in [0.5, 0.6) is 11.5 Å². The summed E-state index contributed by atoms with van der Waals surface area (Å²) in [7, 11) is 1.46. The van der Waals surface area contributed by atoms with Crippen LogP contribution in [0.3, 0.4) is 0 Å². The van der Waals surface area contributed by atoms with Crippen molar-refractivity contribution in [1.29, 1.82) is 0 Å². The molecule has 2 heterocycles. The van der Waals surface area contributed by atoms with Crippen molar-refractivity contribution in [2.24, 2.45) is 5.10 Å². The lowest BCUT2D eigenvalue weighted by Gasteiger charge is -2.03. The van der Waals surface area contributed by atoms with Gasteiger partial charge in [0, 0.05) is 0 Å². The molecule has 0 radical (unpaired) electrons. The van der Waals surface area contributed by atoms with Crippen molar-refractivity contribution < 1.29 is 14.6 Å². The van der Waals surface area contributed by atoms with Crippen LogP contribution in [0.2, 0.25) is 0 Å². The van der Waals surface area contributed by atoms with Crippen LogP contribution in [-0.4, -0.2) is 34.5 Å². The quantitative estimate of drug-likeness (QED) is 0.435. The molecular formula is C16H13BrN4O3S.